The quantitative estimate of drug-likeness (QED) is 0.546. The van der Waals surface area contributed by atoms with Gasteiger partial charge in [0.2, 0.25) is 5.95 Å². The molecule has 0 saturated heterocycles. The molecule has 0 radical (unpaired) electrons. The molecule has 0 bridgehead atoms. The zero-order valence-corrected chi connectivity index (χ0v) is 15.6. The van der Waals surface area contributed by atoms with Gasteiger partial charge in [-0.05, 0) is 48.7 Å². The van der Waals surface area contributed by atoms with E-state index < -0.39 is 11.2 Å². The van der Waals surface area contributed by atoms with Crippen molar-refractivity contribution in [3.63, 3.8) is 0 Å². The van der Waals surface area contributed by atoms with Crippen LogP contribution in [0.5, 0.6) is 0 Å². The van der Waals surface area contributed by atoms with Gasteiger partial charge in [-0.3, -0.25) is 9.78 Å². The van der Waals surface area contributed by atoms with Gasteiger partial charge in [0.1, 0.15) is 11.2 Å². The van der Waals surface area contributed by atoms with Crippen LogP contribution in [0.1, 0.15) is 11.1 Å². The predicted octanol–water partition coefficient (Wildman–Crippen LogP) is 2.57. The highest BCUT2D eigenvalue weighted by molar-refractivity contribution is 5.73. The number of aryl methyl sites for hydroxylation is 1. The molecule has 4 rings (SSSR count). The van der Waals surface area contributed by atoms with Crippen LogP contribution in [0.25, 0.3) is 16.7 Å². The Kier molecular flexibility index (Phi) is 4.90. The van der Waals surface area contributed by atoms with Crippen molar-refractivity contribution in [3.8, 4) is 5.69 Å². The zero-order valence-electron chi connectivity index (χ0n) is 15.6. The Morgan fingerprint density at radius 3 is 2.76 bits per heavy atom. The molecule has 0 aliphatic carbocycles. The largest absolute Gasteiger partial charge is 0.354 e. The number of hydrogen-bond acceptors (Lipinski definition) is 5. The first kappa shape index (κ1) is 18.5. The number of rotatable bonds is 5. The van der Waals surface area contributed by atoms with E-state index in [9.17, 15) is 14.0 Å². The smallest absolute Gasteiger partial charge is 0.334 e. The number of aromatic amines is 1. The number of benzene rings is 2. The number of fused-ring (bicyclic) bond motifs is 1. The van der Waals surface area contributed by atoms with Gasteiger partial charge in [0, 0.05) is 12.7 Å². The van der Waals surface area contributed by atoms with Crippen molar-refractivity contribution < 1.29 is 4.39 Å². The molecule has 0 atom stereocenters. The lowest BCUT2D eigenvalue weighted by molar-refractivity contribution is 0.625. The van der Waals surface area contributed by atoms with Crippen LogP contribution in [0.2, 0.25) is 0 Å². The first-order valence-electron chi connectivity index (χ1n) is 9.09. The minimum absolute atomic E-state index is 0.159. The molecule has 146 valence electrons. The lowest BCUT2D eigenvalue weighted by Gasteiger charge is -2.08. The highest BCUT2D eigenvalue weighted by Gasteiger charge is 2.12. The fourth-order valence-electron chi connectivity index (χ4n) is 3.10. The molecular formula is C21H18FN5O2. The van der Waals surface area contributed by atoms with Crippen molar-refractivity contribution in [1.82, 2.24) is 19.5 Å². The molecule has 7 nitrogen and oxygen atoms in total. The zero-order chi connectivity index (χ0) is 20.4. The summed E-state index contributed by atoms with van der Waals surface area (Å²) in [6.45, 7) is 2.36. The molecular weight excluding hydrogens is 373 g/mol. The molecule has 2 heterocycles. The lowest BCUT2D eigenvalue weighted by atomic mass is 10.1. The standard InChI is InChI=1S/C21H18FN5O2/c1-13-4-2-7-16(10-13)27-19(28)17-12-24-20(25-18(17)26-21(27)29)23-9-8-14-5-3-6-15(22)11-14/h2-7,10-12H,8-9H2,1H3,(H2,23,24,25,26,29). The Hall–Kier alpha value is -3.81. The Morgan fingerprint density at radius 2 is 1.97 bits per heavy atom. The summed E-state index contributed by atoms with van der Waals surface area (Å²) in [5.41, 5.74) is 1.36. The van der Waals surface area contributed by atoms with Crippen LogP contribution in [-0.4, -0.2) is 26.1 Å². The maximum absolute atomic E-state index is 13.2. The van der Waals surface area contributed by atoms with Crippen LogP contribution in [0.15, 0.2) is 64.3 Å². The number of halogens is 1. The molecule has 29 heavy (non-hydrogen) atoms. The van der Waals surface area contributed by atoms with Crippen LogP contribution in [0.4, 0.5) is 10.3 Å². The van der Waals surface area contributed by atoms with E-state index in [-0.39, 0.29) is 22.8 Å². The van der Waals surface area contributed by atoms with E-state index in [1.54, 1.807) is 24.3 Å². The first-order chi connectivity index (χ1) is 14.0. The third-order valence-corrected chi connectivity index (χ3v) is 4.50. The Bertz CT molecular complexity index is 1310. The molecule has 0 spiro atoms. The number of anilines is 1. The molecule has 0 aliphatic rings. The van der Waals surface area contributed by atoms with Crippen molar-refractivity contribution in [2.45, 2.75) is 13.3 Å². The van der Waals surface area contributed by atoms with Gasteiger partial charge >= 0.3 is 5.69 Å². The molecule has 0 unspecified atom stereocenters. The van der Waals surface area contributed by atoms with Crippen molar-refractivity contribution in [1.29, 1.82) is 0 Å². The Balaban J connectivity index is 1.61. The van der Waals surface area contributed by atoms with Gasteiger partial charge in [-0.25, -0.2) is 18.7 Å². The van der Waals surface area contributed by atoms with E-state index in [1.807, 2.05) is 19.1 Å². The van der Waals surface area contributed by atoms with E-state index >= 15 is 0 Å². The maximum atomic E-state index is 13.2. The highest BCUT2D eigenvalue weighted by Crippen LogP contribution is 2.10. The molecule has 0 amide bonds. The van der Waals surface area contributed by atoms with Crippen molar-refractivity contribution >= 4 is 17.0 Å². The van der Waals surface area contributed by atoms with Gasteiger partial charge < -0.3 is 5.32 Å². The minimum atomic E-state index is -0.572. The number of nitrogens with zero attached hydrogens (tertiary/aromatic N) is 3. The van der Waals surface area contributed by atoms with Crippen LogP contribution in [0.3, 0.4) is 0 Å². The van der Waals surface area contributed by atoms with Gasteiger partial charge in [0.05, 0.1) is 5.69 Å². The SMILES string of the molecule is Cc1cccc(-n2c(=O)[nH]c3nc(NCCc4cccc(F)c4)ncc3c2=O)c1. The second-order valence-corrected chi connectivity index (χ2v) is 6.67. The molecule has 8 heteroatoms. The van der Waals surface area contributed by atoms with Crippen molar-refractivity contribution in [2.75, 3.05) is 11.9 Å². The molecule has 2 aromatic heterocycles. The highest BCUT2D eigenvalue weighted by atomic mass is 19.1. The van der Waals surface area contributed by atoms with Gasteiger partial charge in [-0.1, -0.05) is 24.3 Å². The minimum Gasteiger partial charge on any atom is -0.354 e. The average molecular weight is 391 g/mol. The molecule has 2 N–H and O–H groups in total. The van der Waals surface area contributed by atoms with Crippen LogP contribution < -0.4 is 16.6 Å². The summed E-state index contributed by atoms with van der Waals surface area (Å²) in [6.07, 6.45) is 1.96. The molecule has 0 aliphatic heterocycles. The lowest BCUT2D eigenvalue weighted by Crippen LogP contribution is -2.34. The third kappa shape index (κ3) is 3.91. The van der Waals surface area contributed by atoms with Gasteiger partial charge in [0.25, 0.3) is 5.56 Å². The second-order valence-electron chi connectivity index (χ2n) is 6.67. The van der Waals surface area contributed by atoms with Crippen LogP contribution >= 0.6 is 0 Å². The van der Waals surface area contributed by atoms with Gasteiger partial charge in [-0.2, -0.15) is 4.98 Å². The van der Waals surface area contributed by atoms with E-state index in [2.05, 4.69) is 20.3 Å². The third-order valence-electron chi connectivity index (χ3n) is 4.50. The van der Waals surface area contributed by atoms with Crippen molar-refractivity contribution in [2.24, 2.45) is 0 Å². The van der Waals surface area contributed by atoms with Gasteiger partial charge in [0.15, 0.2) is 5.65 Å². The Labute approximate surface area is 164 Å². The first-order valence-corrected chi connectivity index (χ1v) is 9.09. The van der Waals surface area contributed by atoms with E-state index in [0.29, 0.717) is 18.7 Å². The van der Waals surface area contributed by atoms with Gasteiger partial charge in [-0.15, -0.1) is 0 Å². The summed E-state index contributed by atoms with van der Waals surface area (Å²) in [6, 6.07) is 13.5. The number of nitrogens with one attached hydrogen (secondary N) is 2. The summed E-state index contributed by atoms with van der Waals surface area (Å²) in [5, 5.41) is 3.23. The molecule has 0 saturated carbocycles. The number of hydrogen-bond donors (Lipinski definition) is 2. The summed E-state index contributed by atoms with van der Waals surface area (Å²) in [4.78, 5) is 36.3. The number of aromatic nitrogens is 4. The van der Waals surface area contributed by atoms with Crippen molar-refractivity contribution in [3.05, 3.63) is 92.5 Å². The summed E-state index contributed by atoms with van der Waals surface area (Å²) >= 11 is 0. The maximum Gasteiger partial charge on any atom is 0.334 e. The number of H-pyrrole nitrogens is 1. The monoisotopic (exact) mass is 391 g/mol. The second kappa shape index (κ2) is 7.67. The predicted molar refractivity (Wildman–Crippen MR) is 109 cm³/mol. The van der Waals surface area contributed by atoms with Crippen LogP contribution in [0, 0.1) is 12.7 Å². The summed E-state index contributed by atoms with van der Waals surface area (Å²) < 4.78 is 14.3. The Morgan fingerprint density at radius 1 is 1.14 bits per heavy atom. The summed E-state index contributed by atoms with van der Waals surface area (Å²) in [5.74, 6) is -0.0100. The normalized spacial score (nSPS) is 11.0. The molecule has 4 aromatic rings. The van der Waals surface area contributed by atoms with E-state index in [4.69, 9.17) is 0 Å². The fraction of sp³-hybridized carbons (Fsp3) is 0.143. The summed E-state index contributed by atoms with van der Waals surface area (Å²) in [7, 11) is 0. The molecule has 0 fully saturated rings. The fourth-order valence-corrected chi connectivity index (χ4v) is 3.10. The average Bonchev–Trinajstić information content (AvgIpc) is 2.68. The van der Waals surface area contributed by atoms with E-state index in [0.717, 1.165) is 15.7 Å². The van der Waals surface area contributed by atoms with Crippen LogP contribution in [-0.2, 0) is 6.42 Å². The molecule has 2 aromatic carbocycles. The topological polar surface area (TPSA) is 92.7 Å². The van der Waals surface area contributed by atoms with E-state index in [1.165, 1.54) is 18.3 Å².